The first-order valence-corrected chi connectivity index (χ1v) is 7.81. The van der Waals surface area contributed by atoms with E-state index in [0.717, 1.165) is 25.8 Å². The number of hydrogen-bond acceptors (Lipinski definition) is 4. The Morgan fingerprint density at radius 1 is 1.16 bits per heavy atom. The predicted octanol–water partition coefficient (Wildman–Crippen LogP) is 1.40. The predicted molar refractivity (Wildman–Crippen MR) is 75.1 cm³/mol. The van der Waals surface area contributed by atoms with Crippen LogP contribution >= 0.6 is 0 Å². The van der Waals surface area contributed by atoms with E-state index in [4.69, 9.17) is 4.74 Å². The van der Waals surface area contributed by atoms with Crippen molar-refractivity contribution in [2.75, 3.05) is 26.8 Å². The summed E-state index contributed by atoms with van der Waals surface area (Å²) in [6.07, 6.45) is 7.58. The monoisotopic (exact) mass is 271 g/mol. The zero-order valence-electron chi connectivity index (χ0n) is 12.1. The van der Waals surface area contributed by atoms with E-state index < -0.39 is 6.10 Å². The van der Waals surface area contributed by atoms with Gasteiger partial charge in [0.15, 0.2) is 0 Å². The molecule has 1 aliphatic carbocycles. The highest BCUT2D eigenvalue weighted by Gasteiger charge is 2.35. The number of aliphatic hydroxyl groups is 2. The van der Waals surface area contributed by atoms with Crippen molar-refractivity contribution in [3.05, 3.63) is 0 Å². The summed E-state index contributed by atoms with van der Waals surface area (Å²) in [5, 5.41) is 20.2. The molecule has 0 aromatic heterocycles. The van der Waals surface area contributed by atoms with Gasteiger partial charge in [0, 0.05) is 25.6 Å². The quantitative estimate of drug-likeness (QED) is 0.793. The minimum atomic E-state index is -0.411. The number of nitrogens with zero attached hydrogens (tertiary/aromatic N) is 1. The van der Waals surface area contributed by atoms with Crippen LogP contribution in [0.15, 0.2) is 0 Å². The molecular weight excluding hydrogens is 242 g/mol. The van der Waals surface area contributed by atoms with E-state index in [2.05, 4.69) is 4.90 Å². The van der Waals surface area contributed by atoms with Crippen molar-refractivity contribution in [1.29, 1.82) is 0 Å². The number of ether oxygens (including phenoxy) is 1. The van der Waals surface area contributed by atoms with Gasteiger partial charge in [-0.15, -0.1) is 0 Å². The molecule has 2 N–H and O–H groups in total. The molecule has 4 atom stereocenters. The van der Waals surface area contributed by atoms with Gasteiger partial charge in [0.25, 0.3) is 0 Å². The normalized spacial score (nSPS) is 35.2. The Morgan fingerprint density at radius 2 is 1.89 bits per heavy atom. The van der Waals surface area contributed by atoms with Gasteiger partial charge >= 0.3 is 0 Å². The van der Waals surface area contributed by atoms with Crippen LogP contribution in [0, 0.1) is 5.92 Å². The van der Waals surface area contributed by atoms with Crippen molar-refractivity contribution in [2.45, 2.75) is 63.2 Å². The Kier molecular flexibility index (Phi) is 6.07. The summed E-state index contributed by atoms with van der Waals surface area (Å²) in [6, 6.07) is 0.454. The third-order valence-electron chi connectivity index (χ3n) is 4.74. The van der Waals surface area contributed by atoms with Gasteiger partial charge in [0.2, 0.25) is 0 Å². The molecule has 0 amide bonds. The summed E-state index contributed by atoms with van der Waals surface area (Å²) in [4.78, 5) is 2.40. The summed E-state index contributed by atoms with van der Waals surface area (Å²) in [6.45, 7) is 2.13. The smallest absolute Gasteiger partial charge is 0.0900 e. The van der Waals surface area contributed by atoms with Gasteiger partial charge in [-0.2, -0.15) is 0 Å². The maximum absolute atomic E-state index is 10.3. The van der Waals surface area contributed by atoms with Crippen molar-refractivity contribution in [1.82, 2.24) is 4.90 Å². The second-order valence-corrected chi connectivity index (χ2v) is 6.18. The molecule has 0 aromatic rings. The van der Waals surface area contributed by atoms with Gasteiger partial charge in [-0.05, 0) is 32.2 Å². The van der Waals surface area contributed by atoms with Gasteiger partial charge in [0.1, 0.15) is 0 Å². The second-order valence-electron chi connectivity index (χ2n) is 6.18. The highest BCUT2D eigenvalue weighted by atomic mass is 16.5. The van der Waals surface area contributed by atoms with Crippen LogP contribution in [0.3, 0.4) is 0 Å². The number of β-amino-alcohol motifs (C(OH)–C–C–N with tert-alkyl or cyclic N) is 1. The summed E-state index contributed by atoms with van der Waals surface area (Å²) >= 11 is 0. The second kappa shape index (κ2) is 7.58. The maximum Gasteiger partial charge on any atom is 0.0900 e. The first-order valence-electron chi connectivity index (χ1n) is 7.81. The molecule has 112 valence electrons. The molecule has 4 nitrogen and oxygen atoms in total. The molecule has 2 aliphatic rings. The zero-order valence-corrected chi connectivity index (χ0v) is 12.1. The molecule has 19 heavy (non-hydrogen) atoms. The zero-order chi connectivity index (χ0) is 13.7. The van der Waals surface area contributed by atoms with Gasteiger partial charge in [0.05, 0.1) is 18.8 Å². The Morgan fingerprint density at radius 3 is 2.63 bits per heavy atom. The molecule has 2 rings (SSSR count). The van der Waals surface area contributed by atoms with Crippen molar-refractivity contribution in [2.24, 2.45) is 5.92 Å². The highest BCUT2D eigenvalue weighted by Crippen LogP contribution is 2.34. The fourth-order valence-corrected chi connectivity index (χ4v) is 3.83. The summed E-state index contributed by atoms with van der Waals surface area (Å²) in [5.41, 5.74) is 0. The van der Waals surface area contributed by atoms with E-state index in [9.17, 15) is 10.2 Å². The molecule has 0 aromatic carbocycles. The van der Waals surface area contributed by atoms with Crippen LogP contribution in [0.5, 0.6) is 0 Å². The molecule has 0 spiro atoms. The van der Waals surface area contributed by atoms with Crippen LogP contribution in [-0.2, 0) is 4.74 Å². The van der Waals surface area contributed by atoms with Crippen LogP contribution < -0.4 is 0 Å². The lowest BCUT2D eigenvalue weighted by molar-refractivity contribution is -0.0317. The molecule has 4 heteroatoms. The minimum absolute atomic E-state index is 0.140. The number of rotatable bonds is 5. The number of piperidine rings is 1. The number of aliphatic hydroxyl groups excluding tert-OH is 2. The summed E-state index contributed by atoms with van der Waals surface area (Å²) in [5.74, 6) is 0.406. The fraction of sp³-hybridized carbons (Fsp3) is 1.00. The Bertz CT molecular complexity index is 262. The van der Waals surface area contributed by atoms with Gasteiger partial charge in [-0.1, -0.05) is 19.3 Å². The number of methoxy groups -OCH3 is 1. The average Bonchev–Trinajstić information content (AvgIpc) is 2.40. The van der Waals surface area contributed by atoms with Crippen molar-refractivity contribution < 1.29 is 14.9 Å². The topological polar surface area (TPSA) is 52.9 Å². The fourth-order valence-electron chi connectivity index (χ4n) is 3.83. The number of hydrogen-bond donors (Lipinski definition) is 2. The molecule has 0 radical (unpaired) electrons. The first-order chi connectivity index (χ1) is 9.22. The lowest BCUT2D eigenvalue weighted by Crippen LogP contribution is -2.51. The molecule has 1 heterocycles. The number of likely N-dealkylation sites (tertiary alicyclic amines) is 1. The van der Waals surface area contributed by atoms with Crippen LogP contribution in [-0.4, -0.2) is 60.2 Å². The lowest BCUT2D eigenvalue weighted by Gasteiger charge is -2.44. The Labute approximate surface area is 116 Å². The SMILES string of the molecule is COCC(O)CN1CCCCC1C1CCCCC1O. The van der Waals surface area contributed by atoms with Crippen molar-refractivity contribution >= 4 is 0 Å². The van der Waals surface area contributed by atoms with E-state index in [1.807, 2.05) is 0 Å². The summed E-state index contributed by atoms with van der Waals surface area (Å²) in [7, 11) is 1.63. The molecule has 1 saturated carbocycles. The highest BCUT2D eigenvalue weighted by molar-refractivity contribution is 4.89. The van der Waals surface area contributed by atoms with Crippen molar-refractivity contribution in [3.63, 3.8) is 0 Å². The van der Waals surface area contributed by atoms with E-state index in [0.29, 0.717) is 25.1 Å². The average molecular weight is 271 g/mol. The Hall–Kier alpha value is -0.160. The van der Waals surface area contributed by atoms with Crippen molar-refractivity contribution in [3.8, 4) is 0 Å². The van der Waals surface area contributed by atoms with E-state index >= 15 is 0 Å². The molecule has 0 bridgehead atoms. The maximum atomic E-state index is 10.3. The summed E-state index contributed by atoms with van der Waals surface area (Å²) < 4.78 is 5.02. The van der Waals surface area contributed by atoms with E-state index in [1.165, 1.54) is 25.7 Å². The molecular formula is C15H29NO3. The lowest BCUT2D eigenvalue weighted by atomic mass is 9.78. The molecule has 1 saturated heterocycles. The van der Waals surface area contributed by atoms with Crippen LogP contribution in [0.25, 0.3) is 0 Å². The van der Waals surface area contributed by atoms with Gasteiger partial charge in [-0.3, -0.25) is 4.90 Å². The van der Waals surface area contributed by atoms with Crippen LogP contribution in [0.1, 0.15) is 44.9 Å². The van der Waals surface area contributed by atoms with Gasteiger partial charge in [-0.25, -0.2) is 0 Å². The Balaban J connectivity index is 1.94. The van der Waals surface area contributed by atoms with Crippen LogP contribution in [0.2, 0.25) is 0 Å². The third-order valence-corrected chi connectivity index (χ3v) is 4.74. The van der Waals surface area contributed by atoms with E-state index in [1.54, 1.807) is 7.11 Å². The molecule has 4 unspecified atom stereocenters. The van der Waals surface area contributed by atoms with Gasteiger partial charge < -0.3 is 14.9 Å². The largest absolute Gasteiger partial charge is 0.393 e. The van der Waals surface area contributed by atoms with E-state index in [-0.39, 0.29) is 6.10 Å². The molecule has 1 aliphatic heterocycles. The first kappa shape index (κ1) is 15.2. The minimum Gasteiger partial charge on any atom is -0.393 e. The third kappa shape index (κ3) is 4.15. The molecule has 2 fully saturated rings. The standard InChI is InChI=1S/C15H29NO3/c1-19-11-12(17)10-16-9-5-4-7-14(16)13-6-2-3-8-15(13)18/h12-15,17-18H,2-11H2,1H3. The van der Waals surface area contributed by atoms with Crippen LogP contribution in [0.4, 0.5) is 0 Å².